The van der Waals surface area contributed by atoms with Gasteiger partial charge in [0.2, 0.25) is 10.0 Å². The predicted molar refractivity (Wildman–Crippen MR) is 104 cm³/mol. The maximum atomic E-state index is 13.5. The molecule has 27 heavy (non-hydrogen) atoms. The molecule has 0 aromatic heterocycles. The molecule has 0 saturated carbocycles. The summed E-state index contributed by atoms with van der Waals surface area (Å²) in [5, 5.41) is 1.26. The van der Waals surface area contributed by atoms with Crippen LogP contribution in [0.5, 0.6) is 5.75 Å². The molecule has 3 rings (SSSR count). The summed E-state index contributed by atoms with van der Waals surface area (Å²) in [7, 11) is -3.43. The molecule has 7 heteroatoms. The summed E-state index contributed by atoms with van der Waals surface area (Å²) < 4.78 is 45.4. The number of ether oxygens (including phenoxy) is 1. The molecule has 0 radical (unpaired) electrons. The molecule has 0 bridgehead atoms. The lowest BCUT2D eigenvalue weighted by molar-refractivity contribution is 0.157. The van der Waals surface area contributed by atoms with Crippen molar-refractivity contribution in [1.29, 1.82) is 0 Å². The third-order valence-corrected chi connectivity index (χ3v) is 5.99. The standard InChI is InChI=1S/C20H23FN2O3S/c21-19-8-4-5-9-20(19)26-16-15-22-11-13-23(14-12-22)27(24,25)17-10-18-6-2-1-3-7-18/h1-10,17H,11-16H2/b17-10+. The van der Waals surface area contributed by atoms with Crippen LogP contribution in [0.25, 0.3) is 6.08 Å². The van der Waals surface area contributed by atoms with Gasteiger partial charge in [0.1, 0.15) is 6.61 Å². The summed E-state index contributed by atoms with van der Waals surface area (Å²) >= 11 is 0. The molecule has 2 aromatic rings. The van der Waals surface area contributed by atoms with Gasteiger partial charge in [-0.15, -0.1) is 0 Å². The molecule has 0 amide bonds. The van der Waals surface area contributed by atoms with Crippen molar-refractivity contribution in [3.8, 4) is 5.75 Å². The number of piperazine rings is 1. The molecule has 0 unspecified atom stereocenters. The number of halogens is 1. The molecule has 1 aliphatic heterocycles. The Morgan fingerprint density at radius 1 is 0.963 bits per heavy atom. The van der Waals surface area contributed by atoms with Crippen molar-refractivity contribution in [2.75, 3.05) is 39.3 Å². The highest BCUT2D eigenvalue weighted by atomic mass is 32.2. The number of rotatable bonds is 7. The average molecular weight is 390 g/mol. The molecule has 0 spiro atoms. The highest BCUT2D eigenvalue weighted by molar-refractivity contribution is 7.92. The molecule has 1 heterocycles. The predicted octanol–water partition coefficient (Wildman–Crippen LogP) is 2.82. The van der Waals surface area contributed by atoms with Crippen LogP contribution in [-0.4, -0.2) is 57.0 Å². The van der Waals surface area contributed by atoms with Gasteiger partial charge >= 0.3 is 0 Å². The van der Waals surface area contributed by atoms with Crippen molar-refractivity contribution in [2.45, 2.75) is 0 Å². The van der Waals surface area contributed by atoms with E-state index in [1.165, 1.54) is 15.8 Å². The highest BCUT2D eigenvalue weighted by Crippen LogP contribution is 2.16. The van der Waals surface area contributed by atoms with E-state index in [4.69, 9.17) is 4.74 Å². The molecule has 0 N–H and O–H groups in total. The second-order valence-electron chi connectivity index (χ2n) is 6.28. The highest BCUT2D eigenvalue weighted by Gasteiger charge is 2.24. The van der Waals surface area contributed by atoms with Crippen LogP contribution in [0, 0.1) is 5.82 Å². The van der Waals surface area contributed by atoms with Crippen LogP contribution in [0.3, 0.4) is 0 Å². The summed E-state index contributed by atoms with van der Waals surface area (Å²) in [5.41, 5.74) is 0.852. The van der Waals surface area contributed by atoms with E-state index in [0.717, 1.165) is 5.56 Å². The second-order valence-corrected chi connectivity index (χ2v) is 8.10. The number of hydrogen-bond acceptors (Lipinski definition) is 4. The Balaban J connectivity index is 1.45. The van der Waals surface area contributed by atoms with Gasteiger partial charge in [-0.25, -0.2) is 12.8 Å². The van der Waals surface area contributed by atoms with Gasteiger partial charge in [-0.2, -0.15) is 4.31 Å². The molecule has 2 aromatic carbocycles. The molecule has 0 aliphatic carbocycles. The Morgan fingerprint density at radius 2 is 1.63 bits per heavy atom. The molecule has 0 atom stereocenters. The molecule has 1 saturated heterocycles. The van der Waals surface area contributed by atoms with Crippen molar-refractivity contribution < 1.29 is 17.5 Å². The Morgan fingerprint density at radius 3 is 2.33 bits per heavy atom. The zero-order chi connectivity index (χ0) is 19.1. The second kappa shape index (κ2) is 9.12. The summed E-state index contributed by atoms with van der Waals surface area (Å²) in [6.45, 7) is 3.10. The fourth-order valence-electron chi connectivity index (χ4n) is 2.87. The first kappa shape index (κ1) is 19.5. The summed E-state index contributed by atoms with van der Waals surface area (Å²) in [6.07, 6.45) is 1.62. The first-order valence-electron chi connectivity index (χ1n) is 8.87. The zero-order valence-electron chi connectivity index (χ0n) is 15.0. The maximum absolute atomic E-state index is 13.5. The third-order valence-electron chi connectivity index (χ3n) is 4.42. The van der Waals surface area contributed by atoms with E-state index in [1.54, 1.807) is 24.3 Å². The van der Waals surface area contributed by atoms with Gasteiger partial charge < -0.3 is 4.74 Å². The Hall–Kier alpha value is -2.22. The lowest BCUT2D eigenvalue weighted by Crippen LogP contribution is -2.48. The minimum atomic E-state index is -3.43. The van der Waals surface area contributed by atoms with Crippen LogP contribution in [0.15, 0.2) is 60.0 Å². The summed E-state index contributed by atoms with van der Waals surface area (Å²) in [4.78, 5) is 2.12. The van der Waals surface area contributed by atoms with Gasteiger partial charge in [0.05, 0.1) is 0 Å². The molecular weight excluding hydrogens is 367 g/mol. The number of nitrogens with zero attached hydrogens (tertiary/aromatic N) is 2. The fraction of sp³-hybridized carbons (Fsp3) is 0.300. The van der Waals surface area contributed by atoms with Crippen LogP contribution in [-0.2, 0) is 10.0 Å². The first-order valence-corrected chi connectivity index (χ1v) is 10.4. The van der Waals surface area contributed by atoms with Gasteiger partial charge in [-0.1, -0.05) is 42.5 Å². The number of hydrogen-bond donors (Lipinski definition) is 0. The Bertz CT molecular complexity index is 864. The van der Waals surface area contributed by atoms with Crippen LogP contribution in [0.1, 0.15) is 5.56 Å². The van der Waals surface area contributed by atoms with E-state index >= 15 is 0 Å². The van der Waals surface area contributed by atoms with E-state index in [1.807, 2.05) is 30.3 Å². The van der Waals surface area contributed by atoms with Gasteiger partial charge in [0, 0.05) is 38.1 Å². The fourth-order valence-corrected chi connectivity index (χ4v) is 4.04. The quantitative estimate of drug-likeness (QED) is 0.730. The number of para-hydroxylation sites is 1. The van der Waals surface area contributed by atoms with Gasteiger partial charge in [0.25, 0.3) is 0 Å². The zero-order valence-corrected chi connectivity index (χ0v) is 15.8. The van der Waals surface area contributed by atoms with E-state index in [2.05, 4.69) is 4.90 Å². The number of sulfonamides is 1. The molecule has 5 nitrogen and oxygen atoms in total. The largest absolute Gasteiger partial charge is 0.489 e. The van der Waals surface area contributed by atoms with Crippen molar-refractivity contribution in [2.24, 2.45) is 0 Å². The van der Waals surface area contributed by atoms with Crippen molar-refractivity contribution >= 4 is 16.1 Å². The van der Waals surface area contributed by atoms with Crippen molar-refractivity contribution in [3.63, 3.8) is 0 Å². The normalized spacial score (nSPS) is 16.6. The van der Waals surface area contributed by atoms with Gasteiger partial charge in [-0.05, 0) is 23.8 Å². The molecule has 144 valence electrons. The van der Waals surface area contributed by atoms with Crippen LogP contribution >= 0.6 is 0 Å². The van der Waals surface area contributed by atoms with Gasteiger partial charge in [0.15, 0.2) is 11.6 Å². The number of benzene rings is 2. The summed E-state index contributed by atoms with van der Waals surface area (Å²) in [6, 6.07) is 15.7. The third kappa shape index (κ3) is 5.63. The first-order chi connectivity index (χ1) is 13.0. The van der Waals surface area contributed by atoms with Crippen LogP contribution in [0.2, 0.25) is 0 Å². The van der Waals surface area contributed by atoms with Crippen molar-refractivity contribution in [1.82, 2.24) is 9.21 Å². The van der Waals surface area contributed by atoms with Crippen molar-refractivity contribution in [3.05, 3.63) is 71.4 Å². The lowest BCUT2D eigenvalue weighted by atomic mass is 10.2. The average Bonchev–Trinajstić information content (AvgIpc) is 2.69. The van der Waals surface area contributed by atoms with Gasteiger partial charge in [-0.3, -0.25) is 4.90 Å². The van der Waals surface area contributed by atoms with E-state index < -0.39 is 10.0 Å². The van der Waals surface area contributed by atoms with E-state index in [0.29, 0.717) is 39.3 Å². The summed E-state index contributed by atoms with van der Waals surface area (Å²) in [5.74, 6) is -0.136. The SMILES string of the molecule is O=S(=O)(/C=C/c1ccccc1)N1CCN(CCOc2ccccc2F)CC1. The smallest absolute Gasteiger partial charge is 0.236 e. The van der Waals surface area contributed by atoms with E-state index in [-0.39, 0.29) is 11.6 Å². The van der Waals surface area contributed by atoms with E-state index in [9.17, 15) is 12.8 Å². The molecule has 1 fully saturated rings. The minimum absolute atomic E-state index is 0.241. The van der Waals surface area contributed by atoms with Crippen LogP contribution in [0.4, 0.5) is 4.39 Å². The monoisotopic (exact) mass is 390 g/mol. The Labute approximate surface area is 159 Å². The maximum Gasteiger partial charge on any atom is 0.236 e. The molecular formula is C20H23FN2O3S. The minimum Gasteiger partial charge on any atom is -0.489 e. The molecule has 1 aliphatic rings. The lowest BCUT2D eigenvalue weighted by Gasteiger charge is -2.33. The Kier molecular flexibility index (Phi) is 6.60. The topological polar surface area (TPSA) is 49.9 Å². The van der Waals surface area contributed by atoms with Crippen LogP contribution < -0.4 is 4.74 Å².